The van der Waals surface area contributed by atoms with Crippen LogP contribution in [0.15, 0.2) is 42.5 Å². The zero-order chi connectivity index (χ0) is 25.6. The molecule has 34 heavy (non-hydrogen) atoms. The van der Waals surface area contributed by atoms with Crippen molar-refractivity contribution in [2.45, 2.75) is 52.7 Å². The third kappa shape index (κ3) is 7.43. The molecule has 2 amide bonds. The van der Waals surface area contributed by atoms with Gasteiger partial charge in [-0.1, -0.05) is 48.4 Å². The second-order valence-corrected chi connectivity index (χ2v) is 10.8. The summed E-state index contributed by atoms with van der Waals surface area (Å²) in [4.78, 5) is 27.8. The van der Waals surface area contributed by atoms with Gasteiger partial charge in [-0.25, -0.2) is 12.8 Å². The minimum atomic E-state index is -3.92. The molecule has 1 unspecified atom stereocenters. The third-order valence-corrected chi connectivity index (χ3v) is 6.55. The Labute approximate surface area is 205 Å². The Kier molecular flexibility index (Phi) is 9.46. The van der Waals surface area contributed by atoms with E-state index in [1.165, 1.54) is 11.0 Å². The minimum absolute atomic E-state index is 0.0532. The second-order valence-electron chi connectivity index (χ2n) is 8.47. The molecule has 10 heteroatoms. The summed E-state index contributed by atoms with van der Waals surface area (Å²) in [5, 5.41) is 2.57. The molecule has 0 spiro atoms. The quantitative estimate of drug-likeness (QED) is 0.524. The van der Waals surface area contributed by atoms with E-state index in [4.69, 9.17) is 11.6 Å². The first-order valence-electron chi connectivity index (χ1n) is 10.9. The van der Waals surface area contributed by atoms with E-state index in [2.05, 4.69) is 5.32 Å². The Morgan fingerprint density at radius 2 is 1.82 bits per heavy atom. The number of amides is 2. The molecule has 0 aliphatic carbocycles. The lowest BCUT2D eigenvalue weighted by Crippen LogP contribution is -2.53. The Balaban J connectivity index is 2.46. The van der Waals surface area contributed by atoms with Gasteiger partial charge in [0.2, 0.25) is 21.8 Å². The number of aryl methyl sites for hydroxylation is 1. The highest BCUT2D eigenvalue weighted by Crippen LogP contribution is 2.25. The Hall–Kier alpha value is -2.65. The molecule has 2 aromatic rings. The maximum absolute atomic E-state index is 13.6. The predicted octanol–water partition coefficient (Wildman–Crippen LogP) is 3.89. The van der Waals surface area contributed by atoms with Crippen LogP contribution in [0.3, 0.4) is 0 Å². The molecular weight excluding hydrogens is 481 g/mol. The van der Waals surface area contributed by atoms with Gasteiger partial charge in [0.1, 0.15) is 18.4 Å². The number of sulfonamides is 1. The predicted molar refractivity (Wildman–Crippen MR) is 133 cm³/mol. The van der Waals surface area contributed by atoms with E-state index in [9.17, 15) is 22.4 Å². The lowest BCUT2D eigenvalue weighted by atomic mass is 10.1. The Bertz CT molecular complexity index is 1140. The lowest BCUT2D eigenvalue weighted by Gasteiger charge is -2.33. The van der Waals surface area contributed by atoms with Crippen LogP contribution in [0, 0.1) is 12.7 Å². The molecule has 0 aliphatic rings. The van der Waals surface area contributed by atoms with Crippen molar-refractivity contribution in [1.29, 1.82) is 0 Å². The van der Waals surface area contributed by atoms with Gasteiger partial charge in [-0.15, -0.1) is 0 Å². The zero-order valence-electron chi connectivity index (χ0n) is 20.0. The van der Waals surface area contributed by atoms with E-state index >= 15 is 0 Å². The van der Waals surface area contributed by atoms with Crippen LogP contribution in [0.1, 0.15) is 38.3 Å². The number of hydrogen-bond donors (Lipinski definition) is 1. The molecule has 0 aliphatic heterocycles. The summed E-state index contributed by atoms with van der Waals surface area (Å²) in [6.07, 6.45) is 1.28. The van der Waals surface area contributed by atoms with Gasteiger partial charge >= 0.3 is 0 Å². The molecule has 1 atom stereocenters. The molecule has 0 fully saturated rings. The van der Waals surface area contributed by atoms with Crippen molar-refractivity contribution in [1.82, 2.24) is 10.2 Å². The summed E-state index contributed by atoms with van der Waals surface area (Å²) in [5.74, 6) is -1.60. The summed E-state index contributed by atoms with van der Waals surface area (Å²) < 4.78 is 39.6. The molecule has 0 heterocycles. The fourth-order valence-electron chi connectivity index (χ4n) is 3.56. The minimum Gasteiger partial charge on any atom is -0.352 e. The van der Waals surface area contributed by atoms with Crippen molar-refractivity contribution in [2.24, 2.45) is 0 Å². The largest absolute Gasteiger partial charge is 0.352 e. The van der Waals surface area contributed by atoms with Crippen LogP contribution in [0.4, 0.5) is 10.1 Å². The Morgan fingerprint density at radius 3 is 2.35 bits per heavy atom. The maximum atomic E-state index is 13.6. The van der Waals surface area contributed by atoms with E-state index in [0.29, 0.717) is 6.42 Å². The molecule has 0 bridgehead atoms. The smallest absolute Gasteiger partial charge is 0.244 e. The highest BCUT2D eigenvalue weighted by atomic mass is 35.5. The first-order valence-corrected chi connectivity index (χ1v) is 13.1. The van der Waals surface area contributed by atoms with Crippen molar-refractivity contribution in [2.75, 3.05) is 17.1 Å². The highest BCUT2D eigenvalue weighted by Gasteiger charge is 2.32. The molecular formula is C24H31ClFN3O4S. The van der Waals surface area contributed by atoms with Crippen molar-refractivity contribution < 1.29 is 22.4 Å². The molecule has 0 saturated carbocycles. The van der Waals surface area contributed by atoms with Crippen LogP contribution in [0.2, 0.25) is 5.02 Å². The first kappa shape index (κ1) is 27.6. The summed E-state index contributed by atoms with van der Waals surface area (Å²) in [5.41, 5.74) is 1.85. The summed E-state index contributed by atoms with van der Waals surface area (Å²) >= 11 is 5.85. The Morgan fingerprint density at radius 1 is 1.15 bits per heavy atom. The molecule has 0 aromatic heterocycles. The van der Waals surface area contributed by atoms with Gasteiger partial charge in [-0.2, -0.15) is 0 Å². The van der Waals surface area contributed by atoms with Gasteiger partial charge in [0, 0.05) is 12.6 Å². The number of halogens is 2. The molecule has 2 rings (SSSR count). The van der Waals surface area contributed by atoms with Gasteiger partial charge in [0.25, 0.3) is 0 Å². The molecule has 186 valence electrons. The van der Waals surface area contributed by atoms with E-state index in [1.54, 1.807) is 6.92 Å². The first-order chi connectivity index (χ1) is 15.8. The average molecular weight is 512 g/mol. The van der Waals surface area contributed by atoms with Gasteiger partial charge in [0.05, 0.1) is 17.0 Å². The van der Waals surface area contributed by atoms with Crippen LogP contribution in [-0.2, 0) is 26.2 Å². The van der Waals surface area contributed by atoms with Gasteiger partial charge in [0.15, 0.2) is 0 Å². The lowest BCUT2D eigenvalue weighted by molar-refractivity contribution is -0.140. The summed E-state index contributed by atoms with van der Waals surface area (Å²) in [7, 11) is -3.92. The fourth-order valence-corrected chi connectivity index (χ4v) is 4.58. The number of carbonyl (C=O) groups excluding carboxylic acids is 2. The second kappa shape index (κ2) is 11.7. The van der Waals surface area contributed by atoms with E-state index in [-0.39, 0.29) is 29.2 Å². The van der Waals surface area contributed by atoms with Gasteiger partial charge in [-0.05, 0) is 51.0 Å². The summed E-state index contributed by atoms with van der Waals surface area (Å²) in [6, 6.07) is 10.0. The van der Waals surface area contributed by atoms with Crippen LogP contribution in [0.25, 0.3) is 0 Å². The monoisotopic (exact) mass is 511 g/mol. The molecule has 1 N–H and O–H groups in total. The standard InChI is InChI=1S/C24H31ClFN3O4S/c1-6-22(24(31)27-16(2)3)28(14-18-9-7-8-17(4)12-18)23(30)15-29(34(5,32)33)19-10-11-21(26)20(25)13-19/h7-13,16,22H,6,14-15H2,1-5H3,(H,27,31). The number of benzene rings is 2. The molecule has 0 saturated heterocycles. The van der Waals surface area contributed by atoms with Crippen molar-refractivity contribution in [3.05, 3.63) is 64.4 Å². The number of rotatable bonds is 10. The molecule has 0 radical (unpaired) electrons. The number of hydrogen-bond acceptors (Lipinski definition) is 4. The SMILES string of the molecule is CCC(C(=O)NC(C)C)N(Cc1cccc(C)c1)C(=O)CN(c1ccc(F)c(Cl)c1)S(C)(=O)=O. The van der Waals surface area contributed by atoms with Gasteiger partial charge < -0.3 is 10.2 Å². The normalized spacial score (nSPS) is 12.4. The highest BCUT2D eigenvalue weighted by molar-refractivity contribution is 7.92. The van der Waals surface area contributed by atoms with Crippen LogP contribution in [0.5, 0.6) is 0 Å². The third-order valence-electron chi connectivity index (χ3n) is 5.12. The van der Waals surface area contributed by atoms with E-state index in [0.717, 1.165) is 33.8 Å². The summed E-state index contributed by atoms with van der Waals surface area (Å²) in [6.45, 7) is 6.89. The number of carbonyl (C=O) groups is 2. The fraction of sp³-hybridized carbons (Fsp3) is 0.417. The average Bonchev–Trinajstić information content (AvgIpc) is 2.72. The molecule has 7 nitrogen and oxygen atoms in total. The molecule has 2 aromatic carbocycles. The zero-order valence-corrected chi connectivity index (χ0v) is 21.6. The van der Waals surface area contributed by atoms with E-state index in [1.807, 2.05) is 45.0 Å². The topological polar surface area (TPSA) is 86.8 Å². The number of nitrogens with one attached hydrogen (secondary N) is 1. The maximum Gasteiger partial charge on any atom is 0.244 e. The van der Waals surface area contributed by atoms with Crippen LogP contribution < -0.4 is 9.62 Å². The number of anilines is 1. The van der Waals surface area contributed by atoms with Crippen LogP contribution >= 0.6 is 11.6 Å². The van der Waals surface area contributed by atoms with Crippen molar-refractivity contribution in [3.8, 4) is 0 Å². The number of nitrogens with zero attached hydrogens (tertiary/aromatic N) is 2. The van der Waals surface area contributed by atoms with Crippen molar-refractivity contribution >= 4 is 39.1 Å². The van der Waals surface area contributed by atoms with Gasteiger partial charge in [-0.3, -0.25) is 13.9 Å². The van der Waals surface area contributed by atoms with Crippen LogP contribution in [-0.4, -0.2) is 50.0 Å². The van der Waals surface area contributed by atoms with E-state index < -0.39 is 34.3 Å². The van der Waals surface area contributed by atoms with Crippen molar-refractivity contribution in [3.63, 3.8) is 0 Å².